The number of nitrogens with zero attached hydrogens (tertiary/aromatic N) is 3. The van der Waals surface area contributed by atoms with E-state index in [1.165, 1.54) is 24.2 Å². The number of rotatable bonds is 8. The van der Waals surface area contributed by atoms with Crippen LogP contribution in [0.5, 0.6) is 0 Å². The van der Waals surface area contributed by atoms with Gasteiger partial charge in [0.2, 0.25) is 0 Å². The Morgan fingerprint density at radius 2 is 2.20 bits per heavy atom. The number of piperidine rings is 1. The van der Waals surface area contributed by atoms with Crippen LogP contribution in [0.2, 0.25) is 0 Å². The summed E-state index contributed by atoms with van der Waals surface area (Å²) in [6.07, 6.45) is 6.55. The molecule has 0 aliphatic carbocycles. The van der Waals surface area contributed by atoms with Crippen molar-refractivity contribution in [2.45, 2.75) is 43.2 Å². The summed E-state index contributed by atoms with van der Waals surface area (Å²) in [6.45, 7) is 2.51. The van der Waals surface area contributed by atoms with Gasteiger partial charge in [0.05, 0.1) is 6.20 Å². The molecule has 1 amide bonds. The van der Waals surface area contributed by atoms with Crippen LogP contribution >= 0.6 is 11.8 Å². The van der Waals surface area contributed by atoms with Crippen molar-refractivity contribution in [3.8, 4) is 0 Å². The Hall–Kier alpha value is -1.86. The molecule has 2 heterocycles. The van der Waals surface area contributed by atoms with E-state index in [9.17, 15) is 4.79 Å². The largest absolute Gasteiger partial charge is 0.350 e. The number of amides is 1. The van der Waals surface area contributed by atoms with Crippen LogP contribution in [0.4, 0.5) is 0 Å². The average Bonchev–Trinajstić information content (AvgIpc) is 3.14. The Morgan fingerprint density at radius 3 is 3.00 bits per heavy atom. The number of aromatic nitrogens is 3. The lowest BCUT2D eigenvalue weighted by Gasteiger charge is -2.23. The van der Waals surface area contributed by atoms with Crippen LogP contribution in [0.15, 0.2) is 41.4 Å². The highest BCUT2D eigenvalue weighted by molar-refractivity contribution is 7.99. The van der Waals surface area contributed by atoms with Crippen molar-refractivity contribution in [2.75, 3.05) is 18.8 Å². The number of carbonyl (C=O) groups is 1. The second kappa shape index (κ2) is 9.58. The van der Waals surface area contributed by atoms with Crippen LogP contribution in [0.3, 0.4) is 0 Å². The van der Waals surface area contributed by atoms with Crippen LogP contribution in [-0.2, 0) is 6.54 Å². The van der Waals surface area contributed by atoms with Gasteiger partial charge in [0.1, 0.15) is 0 Å². The molecule has 1 aliphatic heterocycles. The van der Waals surface area contributed by atoms with Crippen LogP contribution in [0.25, 0.3) is 0 Å². The molecule has 1 aromatic carbocycles. The third-order valence-electron chi connectivity index (χ3n) is 4.29. The molecular weight excluding hydrogens is 334 g/mol. The molecule has 0 saturated carbocycles. The fraction of sp³-hybridized carbons (Fsp3) is 0.500. The summed E-state index contributed by atoms with van der Waals surface area (Å²) in [4.78, 5) is 13.3. The standard InChI is InChI=1S/C18H25N5OS/c24-18(20-11-13-25-16-7-2-1-3-8-16)17-14-23(22-21-17)12-9-15-6-4-5-10-19-15/h1-3,7-8,14-15,19H,4-6,9-13H2,(H,20,24)/t15-/m1/s1. The second-order valence-corrected chi connectivity index (χ2v) is 7.39. The van der Waals surface area contributed by atoms with Gasteiger partial charge in [-0.05, 0) is 37.9 Å². The van der Waals surface area contributed by atoms with Gasteiger partial charge in [-0.15, -0.1) is 16.9 Å². The molecule has 0 bridgehead atoms. The summed E-state index contributed by atoms with van der Waals surface area (Å²) in [5.41, 5.74) is 0.390. The van der Waals surface area contributed by atoms with Crippen molar-refractivity contribution in [2.24, 2.45) is 0 Å². The zero-order chi connectivity index (χ0) is 17.3. The molecule has 1 aromatic heterocycles. The van der Waals surface area contributed by atoms with Crippen molar-refractivity contribution in [1.82, 2.24) is 25.6 Å². The van der Waals surface area contributed by atoms with Gasteiger partial charge in [-0.1, -0.05) is 29.8 Å². The van der Waals surface area contributed by atoms with Gasteiger partial charge in [-0.2, -0.15) is 0 Å². The van der Waals surface area contributed by atoms with Gasteiger partial charge in [-0.3, -0.25) is 9.48 Å². The summed E-state index contributed by atoms with van der Waals surface area (Å²) >= 11 is 1.72. The van der Waals surface area contributed by atoms with Crippen LogP contribution in [0, 0.1) is 0 Å². The minimum atomic E-state index is -0.157. The van der Waals surface area contributed by atoms with E-state index in [2.05, 4.69) is 33.1 Å². The van der Waals surface area contributed by atoms with E-state index in [1.807, 2.05) is 18.2 Å². The lowest BCUT2D eigenvalue weighted by molar-refractivity contribution is 0.0951. The number of aryl methyl sites for hydroxylation is 1. The number of benzene rings is 1. The predicted molar refractivity (Wildman–Crippen MR) is 99.8 cm³/mol. The Bertz CT molecular complexity index is 654. The van der Waals surface area contributed by atoms with Gasteiger partial charge >= 0.3 is 0 Å². The number of hydrogen-bond donors (Lipinski definition) is 2. The molecule has 1 atom stereocenters. The van der Waals surface area contributed by atoms with E-state index in [1.54, 1.807) is 22.6 Å². The maximum Gasteiger partial charge on any atom is 0.273 e. The van der Waals surface area contributed by atoms with Gasteiger partial charge < -0.3 is 10.6 Å². The van der Waals surface area contributed by atoms with E-state index in [0.717, 1.165) is 25.3 Å². The molecule has 1 aliphatic rings. The number of nitrogens with one attached hydrogen (secondary N) is 2. The van der Waals surface area contributed by atoms with E-state index >= 15 is 0 Å². The molecule has 1 fully saturated rings. The number of thioether (sulfide) groups is 1. The highest BCUT2D eigenvalue weighted by atomic mass is 32.2. The topological polar surface area (TPSA) is 71.8 Å². The molecule has 134 valence electrons. The summed E-state index contributed by atoms with van der Waals surface area (Å²) < 4.78 is 1.77. The molecule has 0 unspecified atom stereocenters. The minimum absolute atomic E-state index is 0.157. The second-order valence-electron chi connectivity index (χ2n) is 6.22. The smallest absolute Gasteiger partial charge is 0.273 e. The Labute approximate surface area is 152 Å². The fourth-order valence-corrected chi connectivity index (χ4v) is 3.70. The molecule has 1 saturated heterocycles. The quantitative estimate of drug-likeness (QED) is 0.559. The van der Waals surface area contributed by atoms with E-state index in [-0.39, 0.29) is 5.91 Å². The third kappa shape index (κ3) is 5.86. The van der Waals surface area contributed by atoms with Crippen molar-refractivity contribution in [3.05, 3.63) is 42.2 Å². The molecule has 3 rings (SSSR count). The first-order chi connectivity index (χ1) is 12.3. The van der Waals surface area contributed by atoms with Crippen molar-refractivity contribution >= 4 is 17.7 Å². The molecule has 2 aromatic rings. The van der Waals surface area contributed by atoms with E-state index in [4.69, 9.17) is 0 Å². The van der Waals surface area contributed by atoms with Gasteiger partial charge in [0, 0.05) is 29.8 Å². The molecular formula is C18H25N5OS. The van der Waals surface area contributed by atoms with Gasteiger partial charge in [0.25, 0.3) is 5.91 Å². The zero-order valence-corrected chi connectivity index (χ0v) is 15.2. The monoisotopic (exact) mass is 359 g/mol. The van der Waals surface area contributed by atoms with Crippen molar-refractivity contribution < 1.29 is 4.79 Å². The zero-order valence-electron chi connectivity index (χ0n) is 14.4. The lowest BCUT2D eigenvalue weighted by atomic mass is 10.0. The lowest BCUT2D eigenvalue weighted by Crippen LogP contribution is -2.34. The Morgan fingerprint density at radius 1 is 1.32 bits per heavy atom. The predicted octanol–water partition coefficient (Wildman–Crippen LogP) is 2.33. The maximum absolute atomic E-state index is 12.1. The molecule has 0 radical (unpaired) electrons. The minimum Gasteiger partial charge on any atom is -0.350 e. The van der Waals surface area contributed by atoms with Crippen LogP contribution in [-0.4, -0.2) is 45.8 Å². The highest BCUT2D eigenvalue weighted by Gasteiger charge is 2.14. The molecule has 7 heteroatoms. The van der Waals surface area contributed by atoms with Gasteiger partial charge in [0.15, 0.2) is 5.69 Å². The van der Waals surface area contributed by atoms with Crippen LogP contribution < -0.4 is 10.6 Å². The van der Waals surface area contributed by atoms with Crippen LogP contribution in [0.1, 0.15) is 36.2 Å². The van der Waals surface area contributed by atoms with Crippen molar-refractivity contribution in [3.63, 3.8) is 0 Å². The number of hydrogen-bond acceptors (Lipinski definition) is 5. The average molecular weight is 359 g/mol. The Kier molecular flexibility index (Phi) is 6.88. The first kappa shape index (κ1) is 17.9. The summed E-state index contributed by atoms with van der Waals surface area (Å²) in [5, 5.41) is 14.5. The maximum atomic E-state index is 12.1. The molecule has 6 nitrogen and oxygen atoms in total. The Balaban J connectivity index is 1.36. The highest BCUT2D eigenvalue weighted by Crippen LogP contribution is 2.15. The third-order valence-corrected chi connectivity index (χ3v) is 5.30. The normalized spacial score (nSPS) is 17.4. The van der Waals surface area contributed by atoms with Gasteiger partial charge in [-0.25, -0.2) is 0 Å². The molecule has 0 spiro atoms. The first-order valence-electron chi connectivity index (χ1n) is 8.91. The summed E-state index contributed by atoms with van der Waals surface area (Å²) in [6, 6.07) is 10.7. The molecule has 2 N–H and O–H groups in total. The van der Waals surface area contributed by atoms with E-state index < -0.39 is 0 Å². The molecule has 25 heavy (non-hydrogen) atoms. The van der Waals surface area contributed by atoms with Crippen molar-refractivity contribution in [1.29, 1.82) is 0 Å². The summed E-state index contributed by atoms with van der Waals surface area (Å²) in [7, 11) is 0. The fourth-order valence-electron chi connectivity index (χ4n) is 2.91. The summed E-state index contributed by atoms with van der Waals surface area (Å²) in [5.74, 6) is 0.674. The SMILES string of the molecule is O=C(NCCSc1ccccc1)c1cn(CC[C@H]2CCCCN2)nn1. The number of carbonyl (C=O) groups excluding carboxylic acids is 1. The van der Waals surface area contributed by atoms with E-state index in [0.29, 0.717) is 18.3 Å². The first-order valence-corrected chi connectivity index (χ1v) is 9.89.